The minimum Gasteiger partial charge on any atom is -0.389 e. The van der Waals surface area contributed by atoms with Crippen LogP contribution in [0.3, 0.4) is 0 Å². The van der Waals surface area contributed by atoms with Gasteiger partial charge in [-0.15, -0.1) is 0 Å². The van der Waals surface area contributed by atoms with E-state index in [1.54, 1.807) is 12.5 Å². The average molecular weight is 305 g/mol. The SMILES string of the molecule is OC1(CN2CCO[C@H](CCc3ccncn3)C2)CCCCC1. The van der Waals surface area contributed by atoms with Gasteiger partial charge in [0.05, 0.1) is 18.3 Å². The molecule has 1 aliphatic carbocycles. The fourth-order valence-electron chi connectivity index (χ4n) is 3.66. The Morgan fingerprint density at radius 2 is 2.18 bits per heavy atom. The summed E-state index contributed by atoms with van der Waals surface area (Å²) in [6.07, 6.45) is 11.0. The molecule has 5 nitrogen and oxygen atoms in total. The Morgan fingerprint density at radius 1 is 1.32 bits per heavy atom. The van der Waals surface area contributed by atoms with E-state index in [4.69, 9.17) is 4.74 Å². The van der Waals surface area contributed by atoms with Gasteiger partial charge in [-0.25, -0.2) is 9.97 Å². The van der Waals surface area contributed by atoms with Gasteiger partial charge in [0.25, 0.3) is 0 Å². The topological polar surface area (TPSA) is 58.5 Å². The van der Waals surface area contributed by atoms with Crippen LogP contribution in [0, 0.1) is 0 Å². The van der Waals surface area contributed by atoms with Crippen LogP contribution in [0.25, 0.3) is 0 Å². The molecule has 1 aliphatic heterocycles. The number of ether oxygens (including phenoxy) is 1. The van der Waals surface area contributed by atoms with Gasteiger partial charge in [0.2, 0.25) is 0 Å². The summed E-state index contributed by atoms with van der Waals surface area (Å²) < 4.78 is 5.89. The van der Waals surface area contributed by atoms with Crippen molar-refractivity contribution in [3.63, 3.8) is 0 Å². The lowest BCUT2D eigenvalue weighted by Gasteiger charge is -2.40. The standard InChI is InChI=1S/C17H27N3O2/c21-17(7-2-1-3-8-17)13-20-10-11-22-16(12-20)5-4-15-6-9-18-14-19-15/h6,9,14,16,21H,1-5,7-8,10-13H2/t16-/m1/s1. The second-order valence-electron chi connectivity index (χ2n) is 6.75. The lowest BCUT2D eigenvalue weighted by molar-refractivity contribution is -0.0769. The minimum atomic E-state index is -0.465. The Morgan fingerprint density at radius 3 is 2.95 bits per heavy atom. The van der Waals surface area contributed by atoms with Gasteiger partial charge < -0.3 is 9.84 Å². The number of aromatic nitrogens is 2. The largest absolute Gasteiger partial charge is 0.389 e. The summed E-state index contributed by atoms with van der Waals surface area (Å²) in [7, 11) is 0. The third-order valence-electron chi connectivity index (χ3n) is 4.89. The first-order valence-corrected chi connectivity index (χ1v) is 8.55. The fourth-order valence-corrected chi connectivity index (χ4v) is 3.66. The molecule has 1 atom stereocenters. The monoisotopic (exact) mass is 305 g/mol. The van der Waals surface area contributed by atoms with E-state index in [0.717, 1.165) is 70.5 Å². The van der Waals surface area contributed by atoms with E-state index < -0.39 is 5.60 Å². The van der Waals surface area contributed by atoms with Gasteiger partial charge in [-0.1, -0.05) is 19.3 Å². The third kappa shape index (κ3) is 4.48. The van der Waals surface area contributed by atoms with Crippen molar-refractivity contribution in [2.75, 3.05) is 26.2 Å². The molecule has 5 heteroatoms. The van der Waals surface area contributed by atoms with Crippen LogP contribution in [0.1, 0.15) is 44.2 Å². The van der Waals surface area contributed by atoms with E-state index in [2.05, 4.69) is 14.9 Å². The smallest absolute Gasteiger partial charge is 0.115 e. The van der Waals surface area contributed by atoms with Gasteiger partial charge in [0.1, 0.15) is 6.33 Å². The summed E-state index contributed by atoms with van der Waals surface area (Å²) in [5, 5.41) is 10.7. The summed E-state index contributed by atoms with van der Waals surface area (Å²) in [6.45, 7) is 3.44. The van der Waals surface area contributed by atoms with Crippen molar-refractivity contribution >= 4 is 0 Å². The summed E-state index contributed by atoms with van der Waals surface area (Å²) >= 11 is 0. The molecule has 0 amide bonds. The molecule has 1 N–H and O–H groups in total. The Kier molecular flexibility index (Phi) is 5.39. The van der Waals surface area contributed by atoms with Crippen molar-refractivity contribution in [1.82, 2.24) is 14.9 Å². The first-order valence-electron chi connectivity index (χ1n) is 8.55. The number of rotatable bonds is 5. The molecular weight excluding hydrogens is 278 g/mol. The summed E-state index contributed by atoms with van der Waals surface area (Å²) in [6, 6.07) is 1.96. The maximum absolute atomic E-state index is 10.7. The average Bonchev–Trinajstić information content (AvgIpc) is 2.54. The fraction of sp³-hybridized carbons (Fsp3) is 0.765. The van der Waals surface area contributed by atoms with E-state index >= 15 is 0 Å². The molecule has 0 spiro atoms. The maximum Gasteiger partial charge on any atom is 0.115 e. The first-order chi connectivity index (χ1) is 10.7. The van der Waals surface area contributed by atoms with Crippen LogP contribution in [0.2, 0.25) is 0 Å². The third-order valence-corrected chi connectivity index (χ3v) is 4.89. The number of hydrogen-bond donors (Lipinski definition) is 1. The Bertz CT molecular complexity index is 448. The van der Waals surface area contributed by atoms with Crippen LogP contribution in [-0.2, 0) is 11.2 Å². The highest BCUT2D eigenvalue weighted by atomic mass is 16.5. The number of aliphatic hydroxyl groups is 1. The van der Waals surface area contributed by atoms with E-state index in [0.29, 0.717) is 0 Å². The molecule has 0 radical (unpaired) electrons. The second kappa shape index (κ2) is 7.49. The number of nitrogens with zero attached hydrogens (tertiary/aromatic N) is 3. The van der Waals surface area contributed by atoms with Crippen LogP contribution in [-0.4, -0.2) is 57.9 Å². The molecule has 3 rings (SSSR count). The van der Waals surface area contributed by atoms with Crippen LogP contribution in [0.15, 0.2) is 18.6 Å². The van der Waals surface area contributed by atoms with Gasteiger partial charge in [-0.3, -0.25) is 4.90 Å². The molecule has 0 unspecified atom stereocenters. The number of hydrogen-bond acceptors (Lipinski definition) is 5. The molecule has 1 aromatic rings. The molecule has 22 heavy (non-hydrogen) atoms. The van der Waals surface area contributed by atoms with E-state index in [1.165, 1.54) is 6.42 Å². The van der Waals surface area contributed by atoms with Gasteiger partial charge >= 0.3 is 0 Å². The zero-order valence-corrected chi connectivity index (χ0v) is 13.3. The highest BCUT2D eigenvalue weighted by Gasteiger charge is 2.33. The van der Waals surface area contributed by atoms with E-state index in [9.17, 15) is 5.11 Å². The van der Waals surface area contributed by atoms with Crippen molar-refractivity contribution in [1.29, 1.82) is 0 Å². The molecule has 1 aromatic heterocycles. The highest BCUT2D eigenvalue weighted by Crippen LogP contribution is 2.29. The molecule has 0 bridgehead atoms. The predicted molar refractivity (Wildman–Crippen MR) is 84.6 cm³/mol. The highest BCUT2D eigenvalue weighted by molar-refractivity contribution is 4.98. The van der Waals surface area contributed by atoms with Gasteiger partial charge in [-0.2, -0.15) is 0 Å². The second-order valence-corrected chi connectivity index (χ2v) is 6.75. The summed E-state index contributed by atoms with van der Waals surface area (Å²) in [5.41, 5.74) is 0.605. The van der Waals surface area contributed by atoms with Gasteiger partial charge in [0, 0.05) is 31.5 Å². The van der Waals surface area contributed by atoms with Crippen molar-refractivity contribution in [3.8, 4) is 0 Å². The lowest BCUT2D eigenvalue weighted by Crippen LogP contribution is -2.50. The maximum atomic E-state index is 10.7. The normalized spacial score (nSPS) is 26.0. The Balaban J connectivity index is 1.46. The number of aryl methyl sites for hydroxylation is 1. The number of morpholine rings is 1. The molecule has 122 valence electrons. The van der Waals surface area contributed by atoms with Crippen molar-refractivity contribution in [3.05, 3.63) is 24.3 Å². The van der Waals surface area contributed by atoms with Crippen molar-refractivity contribution in [2.24, 2.45) is 0 Å². The molecule has 1 saturated heterocycles. The predicted octanol–water partition coefficient (Wildman–Crippen LogP) is 1.81. The molecular formula is C17H27N3O2. The van der Waals surface area contributed by atoms with Gasteiger partial charge in [0.15, 0.2) is 0 Å². The summed E-state index contributed by atoms with van der Waals surface area (Å²) in [4.78, 5) is 10.6. The lowest BCUT2D eigenvalue weighted by atomic mass is 9.84. The summed E-state index contributed by atoms with van der Waals surface area (Å²) in [5.74, 6) is 0. The van der Waals surface area contributed by atoms with Gasteiger partial charge in [-0.05, 0) is 31.7 Å². The van der Waals surface area contributed by atoms with E-state index in [-0.39, 0.29) is 6.10 Å². The minimum absolute atomic E-state index is 0.246. The van der Waals surface area contributed by atoms with Crippen LogP contribution < -0.4 is 0 Å². The molecule has 2 aliphatic rings. The molecule has 2 heterocycles. The molecule has 2 fully saturated rings. The Hall–Kier alpha value is -1.04. The first kappa shape index (κ1) is 15.8. The Labute approximate surface area is 132 Å². The molecule has 1 saturated carbocycles. The quantitative estimate of drug-likeness (QED) is 0.899. The van der Waals surface area contributed by atoms with Crippen LogP contribution in [0.4, 0.5) is 0 Å². The van der Waals surface area contributed by atoms with Crippen LogP contribution >= 0.6 is 0 Å². The van der Waals surface area contributed by atoms with Crippen molar-refractivity contribution in [2.45, 2.75) is 56.7 Å². The zero-order chi connectivity index (χ0) is 15.3. The van der Waals surface area contributed by atoms with Crippen molar-refractivity contribution < 1.29 is 9.84 Å². The van der Waals surface area contributed by atoms with Crippen LogP contribution in [0.5, 0.6) is 0 Å². The van der Waals surface area contributed by atoms with E-state index in [1.807, 2.05) is 6.07 Å². The zero-order valence-electron chi connectivity index (χ0n) is 13.3. The number of β-amino-alcohol motifs (C(OH)–C–C–N with tert-alkyl or cyclic N) is 1. The molecule has 0 aromatic carbocycles.